The molecular formula is C22H25N3O5S. The zero-order chi connectivity index (χ0) is 22.7. The number of nitrogens with two attached hydrogens (primary N) is 1. The van der Waals surface area contributed by atoms with Gasteiger partial charge in [0.1, 0.15) is 16.7 Å². The largest absolute Gasteiger partial charge is 0.480 e. The van der Waals surface area contributed by atoms with Crippen LogP contribution in [0.3, 0.4) is 0 Å². The number of benzene rings is 1. The Balaban J connectivity index is 2.12. The van der Waals surface area contributed by atoms with Crippen LogP contribution < -0.4 is 11.3 Å². The Labute approximate surface area is 183 Å². The Morgan fingerprint density at radius 3 is 2.48 bits per heavy atom. The van der Waals surface area contributed by atoms with Gasteiger partial charge in [-0.05, 0) is 37.8 Å². The Morgan fingerprint density at radius 2 is 1.90 bits per heavy atom. The maximum absolute atomic E-state index is 13.4. The molecule has 2 aromatic heterocycles. The number of hydrogen-bond donors (Lipinski definition) is 2. The first-order chi connectivity index (χ1) is 14.7. The number of nitrogens with zero attached hydrogens (tertiary/aromatic N) is 2. The summed E-state index contributed by atoms with van der Waals surface area (Å²) in [6.07, 6.45) is 0.969. The van der Waals surface area contributed by atoms with Gasteiger partial charge >= 0.3 is 5.97 Å². The highest BCUT2D eigenvalue weighted by atomic mass is 32.1. The van der Waals surface area contributed by atoms with Gasteiger partial charge in [0.2, 0.25) is 0 Å². The van der Waals surface area contributed by atoms with E-state index in [1.54, 1.807) is 6.92 Å². The molecule has 0 fully saturated rings. The number of hydrogen-bond acceptors (Lipinski definition) is 6. The van der Waals surface area contributed by atoms with Gasteiger partial charge in [-0.25, -0.2) is 9.78 Å². The number of carbonyl (C=O) groups excluding carboxylic acids is 1. The van der Waals surface area contributed by atoms with Crippen molar-refractivity contribution in [3.8, 4) is 0 Å². The van der Waals surface area contributed by atoms with Crippen molar-refractivity contribution < 1.29 is 19.4 Å². The summed E-state index contributed by atoms with van der Waals surface area (Å²) in [4.78, 5) is 42.6. The van der Waals surface area contributed by atoms with Crippen molar-refractivity contribution in [1.29, 1.82) is 0 Å². The molecule has 1 aromatic carbocycles. The van der Waals surface area contributed by atoms with Gasteiger partial charge in [-0.3, -0.25) is 14.2 Å². The fourth-order valence-corrected chi connectivity index (χ4v) is 4.63. The lowest BCUT2D eigenvalue weighted by molar-refractivity contribution is -0.141. The molecule has 1 atom stereocenters. The number of carboxylic acid groups (broad SMARTS) is 1. The van der Waals surface area contributed by atoms with Crippen molar-refractivity contribution in [2.75, 3.05) is 13.7 Å². The number of thiophene rings is 1. The molecule has 1 amide bonds. The van der Waals surface area contributed by atoms with E-state index in [0.717, 1.165) is 22.5 Å². The number of carbonyl (C=O) groups is 2. The monoisotopic (exact) mass is 443 g/mol. The molecule has 0 aliphatic heterocycles. The first-order valence-corrected chi connectivity index (χ1v) is 10.7. The number of primary amides is 1. The summed E-state index contributed by atoms with van der Waals surface area (Å²) in [6.45, 7) is 3.88. The number of aromatic nitrogens is 2. The van der Waals surface area contributed by atoms with Crippen molar-refractivity contribution in [2.45, 2.75) is 39.2 Å². The van der Waals surface area contributed by atoms with Gasteiger partial charge in [0.25, 0.3) is 11.5 Å². The minimum Gasteiger partial charge on any atom is -0.480 e. The molecule has 0 aliphatic rings. The number of fused-ring (bicyclic) bond motifs is 1. The fraction of sp³-hybridized carbons (Fsp3) is 0.364. The average Bonchev–Trinajstić information content (AvgIpc) is 3.06. The van der Waals surface area contributed by atoms with E-state index in [-0.39, 0.29) is 29.7 Å². The molecule has 0 radical (unpaired) electrons. The van der Waals surface area contributed by atoms with Crippen molar-refractivity contribution in [3.05, 3.63) is 62.0 Å². The van der Waals surface area contributed by atoms with Gasteiger partial charge in [0.05, 0.1) is 16.9 Å². The second kappa shape index (κ2) is 9.40. The van der Waals surface area contributed by atoms with Gasteiger partial charge in [-0.15, -0.1) is 11.3 Å². The van der Waals surface area contributed by atoms with Crippen LogP contribution in [0.25, 0.3) is 10.2 Å². The maximum atomic E-state index is 13.4. The molecule has 3 N–H and O–H groups in total. The lowest BCUT2D eigenvalue weighted by atomic mass is 10.0. The Bertz CT molecular complexity index is 1180. The van der Waals surface area contributed by atoms with Gasteiger partial charge in [0, 0.05) is 13.5 Å². The van der Waals surface area contributed by atoms with Crippen LogP contribution >= 0.6 is 11.3 Å². The number of ether oxygens (including phenoxy) is 1. The summed E-state index contributed by atoms with van der Waals surface area (Å²) in [5, 5.41) is 10.2. The van der Waals surface area contributed by atoms with Gasteiger partial charge in [-0.2, -0.15) is 0 Å². The van der Waals surface area contributed by atoms with Crippen LogP contribution in [0.5, 0.6) is 0 Å². The van der Waals surface area contributed by atoms with E-state index in [9.17, 15) is 19.5 Å². The molecule has 0 saturated heterocycles. The summed E-state index contributed by atoms with van der Waals surface area (Å²) in [6, 6.07) is 6.73. The predicted octanol–water partition coefficient (Wildman–Crippen LogP) is 2.62. The van der Waals surface area contributed by atoms with Crippen LogP contribution in [0.4, 0.5) is 0 Å². The number of methoxy groups -OCH3 is 1. The lowest BCUT2D eigenvalue weighted by Gasteiger charge is -2.20. The van der Waals surface area contributed by atoms with Crippen LogP contribution in [-0.4, -0.2) is 40.3 Å². The molecule has 0 spiro atoms. The Hall–Kier alpha value is -3.04. The van der Waals surface area contributed by atoms with Crippen molar-refractivity contribution in [3.63, 3.8) is 0 Å². The van der Waals surface area contributed by atoms with E-state index in [0.29, 0.717) is 22.6 Å². The van der Waals surface area contributed by atoms with Crippen molar-refractivity contribution in [1.82, 2.24) is 9.55 Å². The van der Waals surface area contributed by atoms with E-state index >= 15 is 0 Å². The third kappa shape index (κ3) is 4.67. The number of aliphatic carboxylic acids is 1. The van der Waals surface area contributed by atoms with Gasteiger partial charge in [0.15, 0.2) is 0 Å². The second-order valence-corrected chi connectivity index (χ2v) is 8.42. The summed E-state index contributed by atoms with van der Waals surface area (Å²) in [5.41, 5.74) is 7.49. The molecule has 2 heterocycles. The molecule has 164 valence electrons. The van der Waals surface area contributed by atoms with Crippen molar-refractivity contribution in [2.24, 2.45) is 5.73 Å². The summed E-state index contributed by atoms with van der Waals surface area (Å²) in [7, 11) is 1.52. The van der Waals surface area contributed by atoms with E-state index in [2.05, 4.69) is 4.98 Å². The highest BCUT2D eigenvalue weighted by Crippen LogP contribution is 2.28. The molecule has 8 nitrogen and oxygen atoms in total. The molecule has 0 saturated carbocycles. The lowest BCUT2D eigenvalue weighted by Crippen LogP contribution is -2.34. The molecule has 3 rings (SSSR count). The van der Waals surface area contributed by atoms with Crippen LogP contribution in [0, 0.1) is 13.8 Å². The van der Waals surface area contributed by atoms with Crippen molar-refractivity contribution >= 4 is 33.4 Å². The molecule has 3 aromatic rings. The SMILES string of the molecule is COCCc1nc2sc(C(N)=O)c(C)c2c(=O)n1C(CCc1ccc(C)cc1)C(=O)O. The standard InChI is InChI=1S/C22H25N3O5S/c1-12-4-6-14(7-5-12)8-9-15(22(28)29)25-16(10-11-30-3)24-20-17(21(25)27)13(2)18(31-20)19(23)26/h4-7,15H,8-11H2,1-3H3,(H2,23,26)(H,28,29). The Morgan fingerprint density at radius 1 is 1.23 bits per heavy atom. The first kappa shape index (κ1) is 22.6. The highest BCUT2D eigenvalue weighted by Gasteiger charge is 2.27. The third-order valence-corrected chi connectivity index (χ3v) is 6.45. The first-order valence-electron chi connectivity index (χ1n) is 9.86. The number of carboxylic acids is 1. The predicted molar refractivity (Wildman–Crippen MR) is 119 cm³/mol. The highest BCUT2D eigenvalue weighted by molar-refractivity contribution is 7.20. The zero-order valence-corrected chi connectivity index (χ0v) is 18.5. The van der Waals surface area contributed by atoms with Crippen LogP contribution in [0.1, 0.15) is 44.6 Å². The van der Waals surface area contributed by atoms with Crippen LogP contribution in [0.2, 0.25) is 0 Å². The van der Waals surface area contributed by atoms with E-state index in [1.165, 1.54) is 11.7 Å². The molecule has 0 aliphatic carbocycles. The minimum atomic E-state index is -1.11. The van der Waals surface area contributed by atoms with E-state index in [4.69, 9.17) is 10.5 Å². The van der Waals surface area contributed by atoms with E-state index < -0.39 is 23.5 Å². The van der Waals surface area contributed by atoms with Gasteiger partial charge < -0.3 is 15.6 Å². The third-order valence-electron chi connectivity index (χ3n) is 5.25. The Kier molecular flexibility index (Phi) is 6.87. The van der Waals surface area contributed by atoms with Gasteiger partial charge in [-0.1, -0.05) is 29.8 Å². The quantitative estimate of drug-likeness (QED) is 0.524. The normalized spacial score (nSPS) is 12.2. The second-order valence-electron chi connectivity index (χ2n) is 7.42. The topological polar surface area (TPSA) is 125 Å². The molecule has 0 bridgehead atoms. The molecule has 1 unspecified atom stereocenters. The van der Waals surface area contributed by atoms with E-state index in [1.807, 2.05) is 31.2 Å². The van der Waals surface area contributed by atoms with Crippen LogP contribution in [-0.2, 0) is 22.4 Å². The summed E-state index contributed by atoms with van der Waals surface area (Å²) < 4.78 is 6.37. The molecule has 9 heteroatoms. The summed E-state index contributed by atoms with van der Waals surface area (Å²) >= 11 is 1.05. The maximum Gasteiger partial charge on any atom is 0.326 e. The average molecular weight is 444 g/mol. The molecule has 31 heavy (non-hydrogen) atoms. The smallest absolute Gasteiger partial charge is 0.326 e. The zero-order valence-electron chi connectivity index (χ0n) is 17.7. The number of amides is 1. The molecular weight excluding hydrogens is 418 g/mol. The summed E-state index contributed by atoms with van der Waals surface area (Å²) in [5.74, 6) is -1.44. The minimum absolute atomic E-state index is 0.220. The fourth-order valence-electron chi connectivity index (χ4n) is 3.58. The van der Waals surface area contributed by atoms with Crippen LogP contribution in [0.15, 0.2) is 29.1 Å². The number of rotatable bonds is 9. The number of aryl methyl sites for hydroxylation is 3.